The lowest BCUT2D eigenvalue weighted by atomic mass is 9.79. The van der Waals surface area contributed by atoms with Gasteiger partial charge in [-0.3, -0.25) is 14.1 Å². The third kappa shape index (κ3) is 5.11. The normalized spacial score (nSPS) is 24.5. The van der Waals surface area contributed by atoms with E-state index in [2.05, 4.69) is 10.1 Å². The molecule has 2 heterocycles. The van der Waals surface area contributed by atoms with Crippen LogP contribution in [0.25, 0.3) is 0 Å². The van der Waals surface area contributed by atoms with Crippen LogP contribution in [0.5, 0.6) is 17.2 Å². The Balaban J connectivity index is 1.86. The van der Waals surface area contributed by atoms with Gasteiger partial charge in [0.05, 0.1) is 32.5 Å². The summed E-state index contributed by atoms with van der Waals surface area (Å²) in [5.41, 5.74) is -2.01. The number of rotatable bonds is 8. The first-order chi connectivity index (χ1) is 21.5. The number of amides is 2. The second-order valence-electron chi connectivity index (χ2n) is 11.0. The minimum absolute atomic E-state index is 0.0519. The number of anilines is 1. The van der Waals surface area contributed by atoms with Crippen molar-refractivity contribution in [3.8, 4) is 17.2 Å². The number of hydrogen-bond donors (Lipinski definition) is 2. The molecular formula is C30H30ClF3N3O8S+. The Morgan fingerprint density at radius 2 is 1.70 bits per heavy atom. The Kier molecular flexibility index (Phi) is 8.43. The lowest BCUT2D eigenvalue weighted by Crippen LogP contribution is -2.69. The Labute approximate surface area is 267 Å². The number of hydrogen-bond acceptors (Lipinski definition) is 8. The summed E-state index contributed by atoms with van der Waals surface area (Å²) in [5, 5.41) is 13.6. The molecule has 2 aliphatic heterocycles. The van der Waals surface area contributed by atoms with Gasteiger partial charge in [-0.1, -0.05) is 11.6 Å². The number of alkyl halides is 3. The van der Waals surface area contributed by atoms with Crippen molar-refractivity contribution in [2.75, 3.05) is 39.2 Å². The first kappa shape index (κ1) is 33.3. The van der Waals surface area contributed by atoms with Gasteiger partial charge in [0.15, 0.2) is 11.8 Å². The molecule has 11 nitrogen and oxygen atoms in total. The highest BCUT2D eigenvalue weighted by molar-refractivity contribution is 7.93. The van der Waals surface area contributed by atoms with E-state index in [0.29, 0.717) is 10.1 Å². The van der Waals surface area contributed by atoms with Crippen molar-refractivity contribution in [2.45, 2.75) is 35.4 Å². The highest BCUT2D eigenvalue weighted by Crippen LogP contribution is 2.56. The number of ether oxygens (including phenoxy) is 3. The molecule has 246 valence electrons. The fourth-order valence-electron chi connectivity index (χ4n) is 6.65. The van der Waals surface area contributed by atoms with Crippen LogP contribution in [0.4, 0.5) is 18.9 Å². The van der Waals surface area contributed by atoms with Gasteiger partial charge >= 0.3 is 12.3 Å². The number of halogens is 4. The molecule has 16 heteroatoms. The molecule has 3 aromatic rings. The molecule has 2 unspecified atom stereocenters. The molecule has 2 amide bonds. The van der Waals surface area contributed by atoms with Crippen LogP contribution in [0.1, 0.15) is 17.5 Å². The van der Waals surface area contributed by atoms with Crippen LogP contribution in [-0.4, -0.2) is 83.2 Å². The molecule has 0 saturated carbocycles. The monoisotopic (exact) mass is 684 g/mol. The second-order valence-corrected chi connectivity index (χ2v) is 13.2. The Bertz CT molecular complexity index is 1810. The van der Waals surface area contributed by atoms with Crippen LogP contribution in [0.3, 0.4) is 0 Å². The van der Waals surface area contributed by atoms with E-state index < -0.39 is 61.0 Å². The molecule has 5 rings (SSSR count). The predicted molar refractivity (Wildman–Crippen MR) is 159 cm³/mol. The average molecular weight is 685 g/mol. The van der Waals surface area contributed by atoms with Crippen molar-refractivity contribution >= 4 is 39.1 Å². The zero-order chi connectivity index (χ0) is 33.8. The number of nitrogens with zero attached hydrogens (tertiary/aromatic N) is 2. The second kappa shape index (κ2) is 11.6. The zero-order valence-corrected chi connectivity index (χ0v) is 26.5. The van der Waals surface area contributed by atoms with Crippen molar-refractivity contribution in [1.29, 1.82) is 0 Å². The Morgan fingerprint density at radius 3 is 2.28 bits per heavy atom. The van der Waals surface area contributed by atoms with Gasteiger partial charge in [0.1, 0.15) is 29.0 Å². The molecule has 2 N–H and O–H groups in total. The molecule has 0 aromatic heterocycles. The molecule has 0 spiro atoms. The first-order valence-electron chi connectivity index (χ1n) is 13.8. The van der Waals surface area contributed by atoms with Crippen molar-refractivity contribution in [2.24, 2.45) is 0 Å². The predicted octanol–water partition coefficient (Wildman–Crippen LogP) is 3.56. The van der Waals surface area contributed by atoms with Crippen LogP contribution in [0, 0.1) is 0 Å². The van der Waals surface area contributed by atoms with Crippen molar-refractivity contribution in [1.82, 2.24) is 5.32 Å². The maximum atomic E-state index is 15.2. The Morgan fingerprint density at radius 1 is 1.07 bits per heavy atom. The summed E-state index contributed by atoms with van der Waals surface area (Å²) in [5.74, 6) is -2.50. The number of quaternary nitrogens is 1. The summed E-state index contributed by atoms with van der Waals surface area (Å²) in [6.45, 7) is -0.180. The lowest BCUT2D eigenvalue weighted by Gasteiger charge is -2.48. The third-order valence-electron chi connectivity index (χ3n) is 8.55. The van der Waals surface area contributed by atoms with E-state index in [4.69, 9.17) is 21.1 Å². The molecule has 0 aliphatic carbocycles. The van der Waals surface area contributed by atoms with Gasteiger partial charge in [-0.15, -0.1) is 13.2 Å². The van der Waals surface area contributed by atoms with Gasteiger partial charge in [-0.2, -0.15) is 4.31 Å². The molecule has 4 atom stereocenters. The first-order valence-corrected chi connectivity index (χ1v) is 15.6. The number of nitrogens with one attached hydrogen (secondary N) is 1. The molecule has 3 aromatic carbocycles. The van der Waals surface area contributed by atoms with Gasteiger partial charge in [-0.05, 0) is 54.6 Å². The lowest BCUT2D eigenvalue weighted by molar-refractivity contribution is -0.953. The van der Waals surface area contributed by atoms with Gasteiger partial charge in [0.25, 0.3) is 15.9 Å². The summed E-state index contributed by atoms with van der Waals surface area (Å²) >= 11 is 6.46. The van der Waals surface area contributed by atoms with Gasteiger partial charge < -0.3 is 24.6 Å². The SMILES string of the molecule is CNC(=O)[C@@H]1C[C@@H](O)C[N+]1(C)C1(c2ccc(OC)cc2)C(=O)N(S(=O)(=O)c2ccc(OC)cc2OC(F)(F)F)c2ccc(Cl)cc21. The number of fused-ring (bicyclic) bond motifs is 1. The summed E-state index contributed by atoms with van der Waals surface area (Å²) in [4.78, 5) is 27.6. The fraction of sp³-hybridized carbons (Fsp3) is 0.333. The van der Waals surface area contributed by atoms with E-state index in [-0.39, 0.29) is 40.6 Å². The van der Waals surface area contributed by atoms with E-state index >= 15 is 4.79 Å². The fourth-order valence-corrected chi connectivity index (χ4v) is 8.38. The Hall–Kier alpha value is -4.05. The summed E-state index contributed by atoms with van der Waals surface area (Å²) in [6, 6.07) is 11.7. The molecule has 1 fully saturated rings. The molecule has 1 saturated heterocycles. The van der Waals surface area contributed by atoms with Crippen molar-refractivity contribution in [3.63, 3.8) is 0 Å². The van der Waals surface area contributed by atoms with Crippen LogP contribution >= 0.6 is 11.6 Å². The average Bonchev–Trinajstić information content (AvgIpc) is 3.46. The molecule has 2 aliphatic rings. The van der Waals surface area contributed by atoms with Gasteiger partial charge in [0.2, 0.25) is 5.54 Å². The number of methoxy groups -OCH3 is 2. The maximum absolute atomic E-state index is 15.2. The van der Waals surface area contributed by atoms with E-state index in [1.807, 2.05) is 0 Å². The molecule has 0 radical (unpaired) electrons. The standard InChI is InChI=1S/C30H29ClF3N3O8S/c1-35-27(39)24-14-19(38)16-37(24,2)29(17-5-8-20(43-3)9-6-17)22-13-18(31)7-11-23(22)36(28(29)40)46(41,42)26-12-10-21(44-4)15-25(26)45-30(32,33)34/h5-13,15,19,24,38H,14,16H2,1-4H3/p+1/t19-,24+,29?,37?/m1/s1. The highest BCUT2D eigenvalue weighted by Gasteiger charge is 2.71. The minimum Gasteiger partial charge on any atom is -0.497 e. The van der Waals surface area contributed by atoms with E-state index in [9.17, 15) is 31.5 Å². The van der Waals surface area contributed by atoms with Gasteiger partial charge in [0, 0.05) is 30.1 Å². The van der Waals surface area contributed by atoms with E-state index in [1.165, 1.54) is 63.7 Å². The van der Waals surface area contributed by atoms with E-state index in [1.54, 1.807) is 7.05 Å². The topological polar surface area (TPSA) is 131 Å². The molecule has 0 bridgehead atoms. The number of sulfonamides is 1. The maximum Gasteiger partial charge on any atom is 0.573 e. The largest absolute Gasteiger partial charge is 0.573 e. The van der Waals surface area contributed by atoms with Crippen LogP contribution in [0.15, 0.2) is 65.6 Å². The highest BCUT2D eigenvalue weighted by atomic mass is 35.5. The summed E-state index contributed by atoms with van der Waals surface area (Å²) < 4.78 is 83.8. The number of carbonyl (C=O) groups is 2. The number of carbonyl (C=O) groups excluding carboxylic acids is 2. The van der Waals surface area contributed by atoms with Crippen LogP contribution < -0.4 is 23.8 Å². The number of likely N-dealkylation sites (N-methyl/N-ethyl adjacent to an activating group) is 2. The number of aliphatic hydroxyl groups excluding tert-OH is 1. The van der Waals surface area contributed by atoms with Crippen LogP contribution in [0.2, 0.25) is 5.02 Å². The van der Waals surface area contributed by atoms with Crippen LogP contribution in [-0.2, 0) is 25.2 Å². The molecule has 46 heavy (non-hydrogen) atoms. The van der Waals surface area contributed by atoms with E-state index in [0.717, 1.165) is 18.2 Å². The summed E-state index contributed by atoms with van der Waals surface area (Å²) in [7, 11) is 0.351. The smallest absolute Gasteiger partial charge is 0.497 e. The van der Waals surface area contributed by atoms with Crippen molar-refractivity contribution < 1.29 is 55.0 Å². The van der Waals surface area contributed by atoms with Crippen molar-refractivity contribution in [3.05, 3.63) is 76.8 Å². The quantitative estimate of drug-likeness (QED) is 0.345. The minimum atomic E-state index is -5.30. The summed E-state index contributed by atoms with van der Waals surface area (Å²) in [6.07, 6.45) is -6.46. The third-order valence-corrected chi connectivity index (χ3v) is 10.5. The zero-order valence-electron chi connectivity index (χ0n) is 25.0. The van der Waals surface area contributed by atoms with Gasteiger partial charge in [-0.25, -0.2) is 8.42 Å². The number of benzene rings is 3. The number of likely N-dealkylation sites (tertiary alicyclic amines) is 1. The molecular weight excluding hydrogens is 655 g/mol. The number of aliphatic hydroxyl groups is 1.